The molecule has 0 aliphatic carbocycles. The summed E-state index contributed by atoms with van der Waals surface area (Å²) in [7, 11) is 0. The second-order valence-corrected chi connectivity index (χ2v) is 6.39. The molecule has 0 fully saturated rings. The topological polar surface area (TPSA) is 68.3 Å². The van der Waals surface area contributed by atoms with Gasteiger partial charge in [0.1, 0.15) is 0 Å². The van der Waals surface area contributed by atoms with Crippen LogP contribution < -0.4 is 5.32 Å². The van der Waals surface area contributed by atoms with Gasteiger partial charge in [-0.2, -0.15) is 0 Å². The number of hydrogen-bond acceptors (Lipinski definition) is 5. The van der Waals surface area contributed by atoms with E-state index >= 15 is 0 Å². The van der Waals surface area contributed by atoms with Crippen molar-refractivity contribution < 1.29 is 14.3 Å². The second-order valence-electron chi connectivity index (χ2n) is 5.28. The van der Waals surface area contributed by atoms with E-state index in [1.54, 1.807) is 30.1 Å². The molecule has 0 radical (unpaired) electrons. The molecule has 0 saturated carbocycles. The fraction of sp³-hybridized carbons (Fsp3) is 0.0500. The Bertz CT molecular complexity index is 886. The van der Waals surface area contributed by atoms with Crippen molar-refractivity contribution in [1.29, 1.82) is 0 Å². The summed E-state index contributed by atoms with van der Waals surface area (Å²) in [6.07, 6.45) is 2.96. The first-order chi connectivity index (χ1) is 12.7. The molecule has 26 heavy (non-hydrogen) atoms. The van der Waals surface area contributed by atoms with Gasteiger partial charge in [0, 0.05) is 22.2 Å². The number of carbonyl (C=O) groups is 2. The van der Waals surface area contributed by atoms with Crippen LogP contribution in [0.15, 0.2) is 88.9 Å². The molecule has 1 N–H and O–H groups in total. The molecule has 0 unspecified atom stereocenters. The predicted molar refractivity (Wildman–Crippen MR) is 100 cm³/mol. The standard InChI is InChI=1S/C20H16N2O3S/c23-19(14-25-20(24)15-7-6-12-21-13-15)22-17-10-4-5-11-18(17)26-16-8-2-1-3-9-16/h1-13H,14H2,(H,22,23). The van der Waals surface area contributed by atoms with E-state index in [9.17, 15) is 9.59 Å². The monoisotopic (exact) mass is 364 g/mol. The number of carbonyl (C=O) groups excluding carboxylic acids is 2. The van der Waals surface area contributed by atoms with Crippen LogP contribution in [-0.4, -0.2) is 23.5 Å². The molecule has 1 aromatic heterocycles. The third-order valence-corrected chi connectivity index (χ3v) is 4.45. The van der Waals surface area contributed by atoms with Gasteiger partial charge in [0.05, 0.1) is 11.3 Å². The third-order valence-electron chi connectivity index (χ3n) is 3.36. The number of hydrogen-bond donors (Lipinski definition) is 1. The van der Waals surface area contributed by atoms with E-state index in [2.05, 4.69) is 10.3 Å². The number of esters is 1. The number of anilines is 1. The zero-order valence-corrected chi connectivity index (χ0v) is 14.6. The first-order valence-electron chi connectivity index (χ1n) is 7.91. The van der Waals surface area contributed by atoms with E-state index in [1.807, 2.05) is 54.6 Å². The van der Waals surface area contributed by atoms with Gasteiger partial charge in [-0.3, -0.25) is 9.78 Å². The van der Waals surface area contributed by atoms with Crippen LogP contribution >= 0.6 is 11.8 Å². The van der Waals surface area contributed by atoms with Crippen molar-refractivity contribution in [1.82, 2.24) is 4.98 Å². The molecule has 0 bridgehead atoms. The molecule has 1 heterocycles. The van der Waals surface area contributed by atoms with E-state index in [-0.39, 0.29) is 6.61 Å². The first kappa shape index (κ1) is 17.7. The molecule has 2 aromatic carbocycles. The molecule has 3 rings (SSSR count). The normalized spacial score (nSPS) is 10.2. The van der Waals surface area contributed by atoms with Gasteiger partial charge in [-0.25, -0.2) is 4.79 Å². The van der Waals surface area contributed by atoms with Gasteiger partial charge in [-0.05, 0) is 36.4 Å². The van der Waals surface area contributed by atoms with Gasteiger partial charge >= 0.3 is 5.97 Å². The number of para-hydroxylation sites is 1. The van der Waals surface area contributed by atoms with E-state index in [0.29, 0.717) is 11.3 Å². The van der Waals surface area contributed by atoms with Crippen LogP contribution in [0, 0.1) is 0 Å². The van der Waals surface area contributed by atoms with Crippen molar-refractivity contribution in [2.75, 3.05) is 11.9 Å². The highest BCUT2D eigenvalue weighted by Crippen LogP contribution is 2.33. The van der Waals surface area contributed by atoms with Gasteiger partial charge in [0.15, 0.2) is 6.61 Å². The van der Waals surface area contributed by atoms with Crippen LogP contribution in [0.3, 0.4) is 0 Å². The lowest BCUT2D eigenvalue weighted by molar-refractivity contribution is -0.119. The van der Waals surface area contributed by atoms with Crippen molar-refractivity contribution in [3.63, 3.8) is 0 Å². The average molecular weight is 364 g/mol. The van der Waals surface area contributed by atoms with Gasteiger partial charge in [-0.1, -0.05) is 42.1 Å². The largest absolute Gasteiger partial charge is 0.452 e. The van der Waals surface area contributed by atoms with Crippen LogP contribution in [0.1, 0.15) is 10.4 Å². The number of nitrogens with zero attached hydrogens (tertiary/aromatic N) is 1. The summed E-state index contributed by atoms with van der Waals surface area (Å²) < 4.78 is 5.02. The SMILES string of the molecule is O=C(COC(=O)c1cccnc1)Nc1ccccc1Sc1ccccc1. The number of amides is 1. The van der Waals surface area contributed by atoms with Crippen molar-refractivity contribution >= 4 is 29.3 Å². The van der Waals surface area contributed by atoms with Gasteiger partial charge in [-0.15, -0.1) is 0 Å². The third kappa shape index (κ3) is 4.94. The molecule has 0 aliphatic heterocycles. The lowest BCUT2D eigenvalue weighted by atomic mass is 10.3. The summed E-state index contributed by atoms with van der Waals surface area (Å²) in [5.41, 5.74) is 0.976. The van der Waals surface area contributed by atoms with E-state index in [4.69, 9.17) is 4.74 Å². The molecule has 0 saturated heterocycles. The molecule has 0 spiro atoms. The molecule has 130 valence electrons. The summed E-state index contributed by atoms with van der Waals surface area (Å²) in [4.78, 5) is 29.8. The van der Waals surface area contributed by atoms with E-state index < -0.39 is 11.9 Å². The summed E-state index contributed by atoms with van der Waals surface area (Å²) >= 11 is 1.55. The molecule has 0 aliphatic rings. The van der Waals surface area contributed by atoms with Crippen LogP contribution in [0.5, 0.6) is 0 Å². The zero-order valence-electron chi connectivity index (χ0n) is 13.8. The molecular formula is C20H16N2O3S. The molecule has 3 aromatic rings. The smallest absolute Gasteiger partial charge is 0.340 e. The van der Waals surface area contributed by atoms with Crippen LogP contribution in [0.4, 0.5) is 5.69 Å². The summed E-state index contributed by atoms with van der Waals surface area (Å²) in [5, 5.41) is 2.78. The number of rotatable bonds is 6. The number of aromatic nitrogens is 1. The van der Waals surface area contributed by atoms with E-state index in [1.165, 1.54) is 6.20 Å². The quantitative estimate of drug-likeness (QED) is 0.669. The van der Waals surface area contributed by atoms with Gasteiger partial charge < -0.3 is 10.1 Å². The Labute approximate surface area is 155 Å². The lowest BCUT2D eigenvalue weighted by Gasteiger charge is -2.11. The Morgan fingerprint density at radius 3 is 2.50 bits per heavy atom. The molecule has 1 amide bonds. The van der Waals surface area contributed by atoms with Gasteiger partial charge in [0.2, 0.25) is 0 Å². The zero-order chi connectivity index (χ0) is 18.2. The highest BCUT2D eigenvalue weighted by molar-refractivity contribution is 7.99. The first-order valence-corrected chi connectivity index (χ1v) is 8.73. The van der Waals surface area contributed by atoms with Crippen LogP contribution in [0.25, 0.3) is 0 Å². The van der Waals surface area contributed by atoms with Crippen molar-refractivity contribution in [2.45, 2.75) is 9.79 Å². The number of nitrogens with one attached hydrogen (secondary N) is 1. The van der Waals surface area contributed by atoms with Crippen LogP contribution in [0.2, 0.25) is 0 Å². The Kier molecular flexibility index (Phi) is 6.01. The minimum absolute atomic E-state index is 0.306. The summed E-state index contributed by atoms with van der Waals surface area (Å²) in [5.74, 6) is -0.983. The van der Waals surface area contributed by atoms with Crippen molar-refractivity contribution in [3.8, 4) is 0 Å². The van der Waals surface area contributed by atoms with Gasteiger partial charge in [0.25, 0.3) is 5.91 Å². The average Bonchev–Trinajstić information content (AvgIpc) is 2.69. The highest BCUT2D eigenvalue weighted by Gasteiger charge is 2.12. The summed E-state index contributed by atoms with van der Waals surface area (Å²) in [6, 6.07) is 20.6. The maximum atomic E-state index is 12.1. The number of ether oxygens (including phenoxy) is 1. The highest BCUT2D eigenvalue weighted by atomic mass is 32.2. The minimum atomic E-state index is -0.583. The maximum Gasteiger partial charge on any atom is 0.340 e. The Hall–Kier alpha value is -3.12. The van der Waals surface area contributed by atoms with Crippen LogP contribution in [-0.2, 0) is 9.53 Å². The Balaban J connectivity index is 1.60. The van der Waals surface area contributed by atoms with Crippen molar-refractivity contribution in [2.24, 2.45) is 0 Å². The molecule has 5 nitrogen and oxygen atoms in total. The summed E-state index contributed by atoms with van der Waals surface area (Å²) in [6.45, 7) is -0.363. The molecule has 6 heteroatoms. The Morgan fingerprint density at radius 2 is 1.73 bits per heavy atom. The van der Waals surface area contributed by atoms with E-state index in [0.717, 1.165) is 9.79 Å². The van der Waals surface area contributed by atoms with Crippen molar-refractivity contribution in [3.05, 3.63) is 84.7 Å². The predicted octanol–water partition coefficient (Wildman–Crippen LogP) is 4.03. The minimum Gasteiger partial charge on any atom is -0.452 e. The lowest BCUT2D eigenvalue weighted by Crippen LogP contribution is -2.21. The fourth-order valence-corrected chi connectivity index (χ4v) is 3.08. The molecule has 0 atom stereocenters. The fourth-order valence-electron chi connectivity index (χ4n) is 2.16. The molecular weight excluding hydrogens is 348 g/mol. The Morgan fingerprint density at radius 1 is 0.962 bits per heavy atom. The number of benzene rings is 2. The number of pyridine rings is 1. The maximum absolute atomic E-state index is 12.1. The second kappa shape index (κ2) is 8.82.